The van der Waals surface area contributed by atoms with Crippen LogP contribution in [0.3, 0.4) is 0 Å². The first kappa shape index (κ1) is 73.1. The maximum Gasteiger partial charge on any atom is 2.00 e. The summed E-state index contributed by atoms with van der Waals surface area (Å²) in [7, 11) is -16.0. The van der Waals surface area contributed by atoms with E-state index in [1.807, 2.05) is 10.6 Å². The molecule has 328 valence electrons. The zero-order chi connectivity index (χ0) is 44.4. The molecule has 5 atom stereocenters. The summed E-state index contributed by atoms with van der Waals surface area (Å²) in [5, 5.41) is 5.52. The molecule has 0 aliphatic heterocycles. The quantitative estimate of drug-likeness (QED) is 0.0118. The predicted octanol–water partition coefficient (Wildman–Crippen LogP) is -11.1. The number of hydrogen-bond donors (Lipinski definition) is 7. The van der Waals surface area contributed by atoms with E-state index in [-0.39, 0.29) is 230 Å². The first-order valence-electron chi connectivity index (χ1n) is 15.6. The second-order valence-corrected chi connectivity index (χ2v) is 17.3. The minimum Gasteiger partial charge on any atom is -1.00 e. The molecule has 60 heavy (non-hydrogen) atoms. The molecule has 7 N–H and O–H groups in total. The van der Waals surface area contributed by atoms with Gasteiger partial charge in [-0.05, 0) is 34.6 Å². The molecule has 0 saturated carbocycles. The molecule has 0 fully saturated rings. The van der Waals surface area contributed by atoms with E-state index in [1.165, 1.54) is 13.8 Å². The molecule has 0 heterocycles. The van der Waals surface area contributed by atoms with E-state index in [4.69, 9.17) is 4.18 Å². The van der Waals surface area contributed by atoms with E-state index in [0.717, 1.165) is 13.8 Å². The van der Waals surface area contributed by atoms with Gasteiger partial charge < -0.3 is 36.8 Å². The largest absolute Gasteiger partial charge is 2.00 e. The van der Waals surface area contributed by atoms with Crippen molar-refractivity contribution in [3.8, 4) is 0 Å². The van der Waals surface area contributed by atoms with Crippen LogP contribution in [0.2, 0.25) is 0 Å². The Morgan fingerprint density at radius 3 is 1.40 bits per heavy atom. The van der Waals surface area contributed by atoms with Crippen molar-refractivity contribution in [1.82, 2.24) is 26.6 Å². The molecule has 0 aromatic carbocycles. The van der Waals surface area contributed by atoms with Crippen molar-refractivity contribution in [1.29, 1.82) is 0 Å². The zero-order valence-corrected chi connectivity index (χ0v) is 50.5. The van der Waals surface area contributed by atoms with E-state index in [9.17, 15) is 67.1 Å². The molecule has 0 aliphatic carbocycles. The summed E-state index contributed by atoms with van der Waals surface area (Å²) in [4.78, 5) is 59.7. The summed E-state index contributed by atoms with van der Waals surface area (Å²) >= 11 is -2.51. The molecule has 0 spiro atoms. The van der Waals surface area contributed by atoms with Crippen molar-refractivity contribution < 1.29 is 220 Å². The molecule has 0 aromatic heterocycles. The molecular formula is C30H52CaKN5NaO17RbS4. The predicted molar refractivity (Wildman–Crippen MR) is 212 cm³/mol. The van der Waals surface area contributed by atoms with Crippen LogP contribution in [0.5, 0.6) is 0 Å². The molecule has 0 saturated heterocycles. The molecule has 0 aromatic rings. The van der Waals surface area contributed by atoms with E-state index >= 15 is 0 Å². The van der Waals surface area contributed by atoms with Crippen molar-refractivity contribution in [2.24, 2.45) is 0 Å². The van der Waals surface area contributed by atoms with Crippen LogP contribution in [0.1, 0.15) is 40.3 Å². The summed E-state index contributed by atoms with van der Waals surface area (Å²) in [6, 6.07) is -4.74. The molecule has 0 bridgehead atoms. The second-order valence-electron chi connectivity index (χ2n) is 11.8. The van der Waals surface area contributed by atoms with Crippen LogP contribution < -0.4 is 166 Å². The van der Waals surface area contributed by atoms with Gasteiger partial charge in [-0.1, -0.05) is 32.9 Å². The molecular weight excluding hydrogens is 1020 g/mol. The molecule has 5 amide bonds. The fourth-order valence-corrected chi connectivity index (χ4v) is 7.47. The van der Waals surface area contributed by atoms with Gasteiger partial charge in [-0.3, -0.25) is 41.4 Å². The minimum atomic E-state index is -5.67. The molecule has 22 nitrogen and oxygen atoms in total. The van der Waals surface area contributed by atoms with Gasteiger partial charge in [0.05, 0.1) is 42.4 Å². The third-order valence-electron chi connectivity index (χ3n) is 6.50. The van der Waals surface area contributed by atoms with Crippen LogP contribution in [0.15, 0.2) is 60.8 Å². The molecule has 5 unspecified atom stereocenters. The van der Waals surface area contributed by atoms with Crippen LogP contribution in [0.4, 0.5) is 0 Å². The van der Waals surface area contributed by atoms with Gasteiger partial charge >= 0.3 is 177 Å². The Kier molecular flexibility index (Phi) is 43.5. The first-order valence-corrected chi connectivity index (χ1v) is 21.2. The van der Waals surface area contributed by atoms with Crippen LogP contribution in [0, 0.1) is 0 Å². The number of rotatable bonds is 24. The maximum absolute atomic E-state index is 12.9. The number of nitrogens with one attached hydrogen (secondary N) is 5. The van der Waals surface area contributed by atoms with Gasteiger partial charge in [0.25, 0.3) is 30.4 Å². The van der Waals surface area contributed by atoms with Crippen molar-refractivity contribution >= 4 is 109 Å². The first-order chi connectivity index (χ1) is 25.3. The Balaban J connectivity index is -0.000000159. The monoisotopic (exact) mass is 1070 g/mol. The smallest absolute Gasteiger partial charge is 1.00 e. The van der Waals surface area contributed by atoms with Gasteiger partial charge in [-0.2, -0.15) is 25.3 Å². The summed E-state index contributed by atoms with van der Waals surface area (Å²) in [5.74, 6) is -5.71. The number of amides is 5. The van der Waals surface area contributed by atoms with E-state index in [0.29, 0.717) is 5.57 Å². The maximum atomic E-state index is 12.9. The summed E-state index contributed by atoms with van der Waals surface area (Å²) < 4.78 is 125. The van der Waals surface area contributed by atoms with Gasteiger partial charge in [0, 0.05) is 47.5 Å². The third-order valence-corrected chi connectivity index (χ3v) is 10.7. The third kappa shape index (κ3) is 33.1. The Labute approximate surface area is 503 Å². The van der Waals surface area contributed by atoms with Gasteiger partial charge in [0.1, 0.15) is 10.5 Å². The Morgan fingerprint density at radius 2 is 1.05 bits per heavy atom. The van der Waals surface area contributed by atoms with Crippen molar-refractivity contribution in [2.45, 2.75) is 57.2 Å². The molecule has 0 aliphatic rings. The number of carbonyl (C=O) groups excluding carboxylic acids is 5. The van der Waals surface area contributed by atoms with Gasteiger partial charge in [0.15, 0.2) is 0 Å². The van der Waals surface area contributed by atoms with Gasteiger partial charge in [-0.25, -0.2) is 4.21 Å². The Bertz CT molecular complexity index is 1950. The van der Waals surface area contributed by atoms with Crippen LogP contribution in [-0.4, -0.2) is 172 Å². The van der Waals surface area contributed by atoms with Crippen molar-refractivity contribution in [3.05, 3.63) is 60.8 Å². The normalized spacial score (nSPS) is 13.1. The number of hydrogen-bond acceptors (Lipinski definition) is 15. The van der Waals surface area contributed by atoms with Crippen LogP contribution in [-0.2, 0) is 74.1 Å². The average molecular weight is 1070 g/mol. The minimum absolute atomic E-state index is 0. The standard InChI is InChI=1S/C24H38N4O13S3.C6H11NO4S.Ca.K.Na.Rb.4H/c1-13(2)21(29)25-9-10-41-42(33,34)12-17(27-23(31)15(5)6)20(44(38,39)40)19(28-24(32)16(7)8)18(43(35,36)37)11-26-22(30)14(3)4;1-5(2)6(8)7-3-4-11-12(9)10;;;;;;;;/h17-20H,1,3,5,7,9-12H2,2,4,6,8H3,(H,25,29)(H,26,30)(H,27,31)(H,28,32)(H,35,36,37)(H,38,39,40);1,3-4H2,2H3,(H,7,8)(H,9,10);;;;;;;;/q;;+2;3*+1;4*-1/p-1. The van der Waals surface area contributed by atoms with Crippen molar-refractivity contribution in [2.75, 3.05) is 38.6 Å². The SMILES string of the molecule is C=C(C)C(=O)NCCOS(=O)(=O)CC(NC(=O)C(=C)C)C(C(NC(=O)C(=C)C)C(CNC(=O)C(=C)C)S(=O)(=O)O)S(=O)(=O)O.C=C(C)C(=O)NCCOS(=O)[O-].[Ca+2].[H-].[H-].[H-].[H-].[K+].[Na+].[Rb+]. The van der Waals surface area contributed by atoms with E-state index in [1.54, 1.807) is 6.92 Å². The average Bonchev–Trinajstić information content (AvgIpc) is 3.03. The second kappa shape index (κ2) is 35.7. The Hall–Kier alpha value is 1.55. The molecule has 0 radical (unpaired) electrons. The van der Waals surface area contributed by atoms with Crippen LogP contribution >= 0.6 is 0 Å². The Morgan fingerprint density at radius 1 is 0.683 bits per heavy atom. The summed E-state index contributed by atoms with van der Waals surface area (Å²) in [6.07, 6.45) is 0. The summed E-state index contributed by atoms with van der Waals surface area (Å²) in [6.45, 7) is 21.2. The van der Waals surface area contributed by atoms with Crippen molar-refractivity contribution in [3.63, 3.8) is 0 Å². The van der Waals surface area contributed by atoms with Gasteiger partial charge in [0.2, 0.25) is 29.5 Å². The van der Waals surface area contributed by atoms with E-state index in [2.05, 4.69) is 53.0 Å². The molecule has 30 heteroatoms. The molecule has 0 rings (SSSR count). The zero-order valence-electron chi connectivity index (χ0n) is 38.9. The van der Waals surface area contributed by atoms with E-state index < -0.39 is 107 Å². The summed E-state index contributed by atoms with van der Waals surface area (Å²) in [5.41, 5.74) is -0.269. The number of carbonyl (C=O) groups is 5. The fraction of sp³-hybridized carbons (Fsp3) is 0.500. The topological polar surface area (TPSA) is 347 Å². The van der Waals surface area contributed by atoms with Gasteiger partial charge in [-0.15, -0.1) is 0 Å². The van der Waals surface area contributed by atoms with Crippen LogP contribution in [0.25, 0.3) is 0 Å². The fourth-order valence-electron chi connectivity index (χ4n) is 3.75.